The van der Waals surface area contributed by atoms with Crippen LogP contribution in [0.25, 0.3) is 10.8 Å². The van der Waals surface area contributed by atoms with Crippen LogP contribution in [0.1, 0.15) is 55.9 Å². The number of likely N-dealkylation sites (tertiary alicyclic amines) is 1. The molecule has 7 nitrogen and oxygen atoms in total. The normalized spacial score (nSPS) is 15.9. The standard InChI is InChI=1S/C28H34N2O5/c1-5-19(6-2)30-18-24(22-15-25(33-3)26(34-4)16-23(22)28(30)32)27(31)29-14-10-13-21(17-29)35-20-11-8-7-9-12-20/h7-9,11-12,15-16,18-19,21H,5-6,10,13-14,17H2,1-4H3. The molecule has 1 fully saturated rings. The molecule has 3 aromatic rings. The van der Waals surface area contributed by atoms with Crippen molar-refractivity contribution in [2.75, 3.05) is 27.3 Å². The molecular weight excluding hydrogens is 444 g/mol. The number of carbonyl (C=O) groups is 1. The number of pyridine rings is 1. The van der Waals surface area contributed by atoms with Crippen LogP contribution in [0.15, 0.2) is 53.5 Å². The van der Waals surface area contributed by atoms with Crippen molar-refractivity contribution in [3.8, 4) is 17.2 Å². The van der Waals surface area contributed by atoms with Gasteiger partial charge in [0.1, 0.15) is 11.9 Å². The Morgan fingerprint density at radius 2 is 1.69 bits per heavy atom. The molecular formula is C28H34N2O5. The molecule has 0 radical (unpaired) electrons. The summed E-state index contributed by atoms with van der Waals surface area (Å²) in [4.78, 5) is 29.2. The lowest BCUT2D eigenvalue weighted by Crippen LogP contribution is -2.44. The number of amides is 1. The fraction of sp³-hybridized carbons (Fsp3) is 0.429. The third kappa shape index (κ3) is 4.99. The van der Waals surface area contributed by atoms with Gasteiger partial charge in [-0.15, -0.1) is 0 Å². The molecule has 186 valence electrons. The number of para-hydroxylation sites is 1. The van der Waals surface area contributed by atoms with Gasteiger partial charge in [0.05, 0.1) is 31.7 Å². The third-order valence-electron chi connectivity index (χ3n) is 6.82. The molecule has 35 heavy (non-hydrogen) atoms. The van der Waals surface area contributed by atoms with Crippen molar-refractivity contribution in [3.63, 3.8) is 0 Å². The van der Waals surface area contributed by atoms with E-state index in [0.29, 0.717) is 40.9 Å². The van der Waals surface area contributed by atoms with E-state index in [4.69, 9.17) is 14.2 Å². The molecule has 4 rings (SSSR count). The average molecular weight is 479 g/mol. The topological polar surface area (TPSA) is 70.0 Å². The predicted octanol–water partition coefficient (Wildman–Crippen LogP) is 5.06. The number of rotatable bonds is 8. The maximum Gasteiger partial charge on any atom is 0.258 e. The number of benzene rings is 2. The van der Waals surface area contributed by atoms with Gasteiger partial charge in [-0.1, -0.05) is 32.0 Å². The molecule has 1 aromatic heterocycles. The molecule has 1 atom stereocenters. The second-order valence-electron chi connectivity index (χ2n) is 8.92. The van der Waals surface area contributed by atoms with E-state index in [1.54, 1.807) is 37.1 Å². The van der Waals surface area contributed by atoms with Crippen LogP contribution in [0.4, 0.5) is 0 Å². The van der Waals surface area contributed by atoms with Crippen molar-refractivity contribution in [1.29, 1.82) is 0 Å². The first kappa shape index (κ1) is 24.6. The Morgan fingerprint density at radius 1 is 1.03 bits per heavy atom. The molecule has 2 heterocycles. The molecule has 7 heteroatoms. The number of methoxy groups -OCH3 is 2. The van der Waals surface area contributed by atoms with Gasteiger partial charge in [-0.05, 0) is 49.9 Å². The van der Waals surface area contributed by atoms with Crippen LogP contribution in [-0.4, -0.2) is 48.8 Å². The molecule has 1 amide bonds. The number of aromatic nitrogens is 1. The minimum absolute atomic E-state index is 0.00191. The number of carbonyl (C=O) groups excluding carboxylic acids is 1. The first-order chi connectivity index (χ1) is 17.0. The molecule has 1 unspecified atom stereocenters. The predicted molar refractivity (Wildman–Crippen MR) is 137 cm³/mol. The molecule has 0 bridgehead atoms. The van der Waals surface area contributed by atoms with Crippen LogP contribution in [-0.2, 0) is 0 Å². The Hall–Kier alpha value is -3.48. The Balaban J connectivity index is 1.76. The van der Waals surface area contributed by atoms with Gasteiger partial charge in [-0.25, -0.2) is 0 Å². The van der Waals surface area contributed by atoms with E-state index in [1.807, 2.05) is 35.2 Å². The van der Waals surface area contributed by atoms with Crippen molar-refractivity contribution < 1.29 is 19.0 Å². The van der Waals surface area contributed by atoms with Crippen molar-refractivity contribution in [3.05, 3.63) is 64.6 Å². The highest BCUT2D eigenvalue weighted by molar-refractivity contribution is 6.07. The van der Waals surface area contributed by atoms with E-state index in [2.05, 4.69) is 13.8 Å². The van der Waals surface area contributed by atoms with Gasteiger partial charge in [0.2, 0.25) is 0 Å². The van der Waals surface area contributed by atoms with Crippen LogP contribution in [0.3, 0.4) is 0 Å². The van der Waals surface area contributed by atoms with Crippen molar-refractivity contribution in [2.45, 2.75) is 51.7 Å². The number of ether oxygens (including phenoxy) is 3. The summed E-state index contributed by atoms with van der Waals surface area (Å²) in [6.07, 6.45) is 4.97. The maximum absolute atomic E-state index is 13.9. The lowest BCUT2D eigenvalue weighted by molar-refractivity contribution is 0.0538. The van der Waals surface area contributed by atoms with Crippen molar-refractivity contribution >= 4 is 16.7 Å². The summed E-state index contributed by atoms with van der Waals surface area (Å²) < 4.78 is 18.8. The average Bonchev–Trinajstić information content (AvgIpc) is 2.90. The highest BCUT2D eigenvalue weighted by Gasteiger charge is 2.28. The number of nitrogens with zero attached hydrogens (tertiary/aromatic N) is 2. The zero-order valence-electron chi connectivity index (χ0n) is 21.0. The lowest BCUT2D eigenvalue weighted by Gasteiger charge is -2.33. The fourth-order valence-corrected chi connectivity index (χ4v) is 4.89. The van der Waals surface area contributed by atoms with E-state index >= 15 is 0 Å². The van der Waals surface area contributed by atoms with E-state index in [1.165, 1.54) is 0 Å². The Kier molecular flexibility index (Phi) is 7.63. The quantitative estimate of drug-likeness (QED) is 0.452. The van der Waals surface area contributed by atoms with Crippen molar-refractivity contribution in [1.82, 2.24) is 9.47 Å². The summed E-state index contributed by atoms with van der Waals surface area (Å²) in [6.45, 7) is 5.24. The van der Waals surface area contributed by atoms with E-state index in [0.717, 1.165) is 31.4 Å². The second kappa shape index (κ2) is 10.8. The number of fused-ring (bicyclic) bond motifs is 1. The van der Waals surface area contributed by atoms with Gasteiger partial charge in [0, 0.05) is 24.2 Å². The summed E-state index contributed by atoms with van der Waals surface area (Å²) in [5, 5.41) is 1.03. The zero-order valence-corrected chi connectivity index (χ0v) is 21.0. The van der Waals surface area contributed by atoms with Crippen LogP contribution in [0, 0.1) is 0 Å². The molecule has 0 spiro atoms. The summed E-state index contributed by atoms with van der Waals surface area (Å²) in [5.74, 6) is 1.64. The van der Waals surface area contributed by atoms with Gasteiger partial charge in [0.25, 0.3) is 11.5 Å². The van der Waals surface area contributed by atoms with Crippen molar-refractivity contribution in [2.24, 2.45) is 0 Å². The van der Waals surface area contributed by atoms with E-state index < -0.39 is 0 Å². The van der Waals surface area contributed by atoms with Gasteiger partial charge in [0.15, 0.2) is 11.5 Å². The van der Waals surface area contributed by atoms with E-state index in [9.17, 15) is 9.59 Å². The second-order valence-corrected chi connectivity index (χ2v) is 8.92. The molecule has 2 aromatic carbocycles. The van der Waals surface area contributed by atoms with Gasteiger partial charge in [-0.2, -0.15) is 0 Å². The maximum atomic E-state index is 13.9. The Morgan fingerprint density at radius 3 is 2.31 bits per heavy atom. The minimum Gasteiger partial charge on any atom is -0.493 e. The highest BCUT2D eigenvalue weighted by Crippen LogP contribution is 2.33. The fourth-order valence-electron chi connectivity index (χ4n) is 4.89. The minimum atomic E-state index is -0.130. The number of hydrogen-bond acceptors (Lipinski definition) is 5. The van der Waals surface area contributed by atoms with Crippen LogP contribution < -0.4 is 19.8 Å². The molecule has 0 saturated carbocycles. The number of hydrogen-bond donors (Lipinski definition) is 0. The molecule has 0 aliphatic carbocycles. The third-order valence-corrected chi connectivity index (χ3v) is 6.82. The summed E-state index contributed by atoms with van der Waals surface area (Å²) in [5.41, 5.74) is 0.364. The summed E-state index contributed by atoms with van der Waals surface area (Å²) >= 11 is 0. The van der Waals surface area contributed by atoms with Gasteiger partial charge >= 0.3 is 0 Å². The SMILES string of the molecule is CCC(CC)n1cc(C(=O)N2CCCC(Oc3ccccc3)C2)c2cc(OC)c(OC)cc2c1=O. The monoisotopic (exact) mass is 478 g/mol. The highest BCUT2D eigenvalue weighted by atomic mass is 16.5. The lowest BCUT2D eigenvalue weighted by atomic mass is 10.0. The zero-order chi connectivity index (χ0) is 24.9. The summed E-state index contributed by atoms with van der Waals surface area (Å²) in [6, 6.07) is 13.1. The Labute approximate surface area is 206 Å². The molecule has 1 aliphatic rings. The van der Waals surface area contributed by atoms with Crippen LogP contribution in [0.2, 0.25) is 0 Å². The molecule has 0 N–H and O–H groups in total. The number of piperidine rings is 1. The van der Waals surface area contributed by atoms with Crippen LogP contribution in [0.5, 0.6) is 17.2 Å². The molecule has 1 aliphatic heterocycles. The largest absolute Gasteiger partial charge is 0.493 e. The van der Waals surface area contributed by atoms with E-state index in [-0.39, 0.29) is 23.6 Å². The first-order valence-corrected chi connectivity index (χ1v) is 12.3. The smallest absolute Gasteiger partial charge is 0.258 e. The van der Waals surface area contributed by atoms with Gasteiger partial charge < -0.3 is 23.7 Å². The van der Waals surface area contributed by atoms with Gasteiger partial charge in [-0.3, -0.25) is 9.59 Å². The summed E-state index contributed by atoms with van der Waals surface area (Å²) in [7, 11) is 3.09. The first-order valence-electron chi connectivity index (χ1n) is 12.3. The molecule has 1 saturated heterocycles. The van der Waals surface area contributed by atoms with Crippen LogP contribution >= 0.6 is 0 Å². The Bertz CT molecular complexity index is 1230.